The molecule has 0 saturated carbocycles. The zero-order chi connectivity index (χ0) is 15.0. The van der Waals surface area contributed by atoms with E-state index in [2.05, 4.69) is 10.2 Å². The molecule has 0 aliphatic carbocycles. The van der Waals surface area contributed by atoms with Gasteiger partial charge in [-0.1, -0.05) is 12.8 Å². The van der Waals surface area contributed by atoms with Crippen molar-refractivity contribution in [1.82, 2.24) is 10.2 Å². The van der Waals surface area contributed by atoms with E-state index >= 15 is 0 Å². The predicted octanol–water partition coefficient (Wildman–Crippen LogP) is 1.15. The summed E-state index contributed by atoms with van der Waals surface area (Å²) < 4.78 is 4.95. The number of nitrogens with one attached hydrogen (secondary N) is 1. The number of methoxy groups -OCH3 is 1. The molecule has 1 aliphatic rings. The molecule has 0 aromatic carbocycles. The number of nitrogens with zero attached hydrogens (tertiary/aromatic N) is 1. The molecule has 0 spiro atoms. The van der Waals surface area contributed by atoms with Gasteiger partial charge in [-0.2, -0.15) is 0 Å². The van der Waals surface area contributed by atoms with E-state index in [4.69, 9.17) is 4.74 Å². The van der Waals surface area contributed by atoms with Crippen molar-refractivity contribution in [2.45, 2.75) is 64.1 Å². The lowest BCUT2D eigenvalue weighted by atomic mass is 10.0. The molecule has 0 aromatic heterocycles. The Balaban J connectivity index is 2.59. The Kier molecular flexibility index (Phi) is 8.11. The van der Waals surface area contributed by atoms with Gasteiger partial charge in [0.2, 0.25) is 5.91 Å². The number of amides is 1. The van der Waals surface area contributed by atoms with Crippen LogP contribution in [0.5, 0.6) is 0 Å². The van der Waals surface area contributed by atoms with E-state index in [-0.39, 0.29) is 18.1 Å². The summed E-state index contributed by atoms with van der Waals surface area (Å²) in [5.41, 5.74) is 0. The maximum absolute atomic E-state index is 12.2. The summed E-state index contributed by atoms with van der Waals surface area (Å²) in [6.45, 7) is 5.81. The van der Waals surface area contributed by atoms with Gasteiger partial charge in [0.1, 0.15) is 0 Å². The van der Waals surface area contributed by atoms with E-state index in [1.807, 2.05) is 13.8 Å². The molecule has 2 N–H and O–H groups in total. The van der Waals surface area contributed by atoms with Gasteiger partial charge in [0.25, 0.3) is 0 Å². The van der Waals surface area contributed by atoms with Crippen molar-refractivity contribution in [3.63, 3.8) is 0 Å². The lowest BCUT2D eigenvalue weighted by Gasteiger charge is -2.35. The van der Waals surface area contributed by atoms with Gasteiger partial charge in [-0.05, 0) is 39.7 Å². The van der Waals surface area contributed by atoms with Crippen molar-refractivity contribution in [3.8, 4) is 0 Å². The van der Waals surface area contributed by atoms with Crippen molar-refractivity contribution in [2.75, 3.05) is 26.8 Å². The average molecular weight is 286 g/mol. The van der Waals surface area contributed by atoms with E-state index in [0.29, 0.717) is 19.2 Å². The Bertz CT molecular complexity index is 284. The molecule has 118 valence electrons. The minimum Gasteiger partial charge on any atom is -0.393 e. The first-order valence-corrected chi connectivity index (χ1v) is 7.76. The van der Waals surface area contributed by atoms with Crippen LogP contribution < -0.4 is 5.32 Å². The van der Waals surface area contributed by atoms with E-state index in [1.54, 1.807) is 7.11 Å². The zero-order valence-electron chi connectivity index (χ0n) is 13.1. The molecular formula is C15H30N2O3. The topological polar surface area (TPSA) is 61.8 Å². The number of hydrogen-bond donors (Lipinski definition) is 2. The molecule has 5 nitrogen and oxygen atoms in total. The van der Waals surface area contributed by atoms with Crippen LogP contribution in [0.1, 0.15) is 46.0 Å². The van der Waals surface area contributed by atoms with Gasteiger partial charge in [0, 0.05) is 19.7 Å². The van der Waals surface area contributed by atoms with Gasteiger partial charge in [-0.3, -0.25) is 9.69 Å². The van der Waals surface area contributed by atoms with Crippen LogP contribution in [0.25, 0.3) is 0 Å². The Morgan fingerprint density at radius 1 is 1.40 bits per heavy atom. The molecule has 5 heteroatoms. The first kappa shape index (κ1) is 17.4. The second-order valence-corrected chi connectivity index (χ2v) is 5.79. The molecule has 1 saturated heterocycles. The van der Waals surface area contributed by atoms with Crippen LogP contribution in [0.3, 0.4) is 0 Å². The molecule has 1 amide bonds. The normalized spacial score (nSPS) is 23.9. The van der Waals surface area contributed by atoms with Gasteiger partial charge in [-0.15, -0.1) is 0 Å². The third-order valence-electron chi connectivity index (χ3n) is 4.02. The molecule has 1 heterocycles. The van der Waals surface area contributed by atoms with Gasteiger partial charge < -0.3 is 15.2 Å². The van der Waals surface area contributed by atoms with Crippen LogP contribution in [0.15, 0.2) is 0 Å². The third kappa shape index (κ3) is 5.77. The van der Waals surface area contributed by atoms with Crippen LogP contribution in [0.2, 0.25) is 0 Å². The molecule has 0 bridgehead atoms. The molecule has 0 aromatic rings. The Morgan fingerprint density at radius 3 is 2.80 bits per heavy atom. The number of aliphatic hydroxyl groups excluding tert-OH is 1. The Morgan fingerprint density at radius 2 is 2.15 bits per heavy atom. The van der Waals surface area contributed by atoms with E-state index in [9.17, 15) is 9.90 Å². The molecule has 20 heavy (non-hydrogen) atoms. The number of carbonyl (C=O) groups excluding carboxylic acids is 1. The second-order valence-electron chi connectivity index (χ2n) is 5.79. The summed E-state index contributed by atoms with van der Waals surface area (Å²) in [5, 5.41) is 12.6. The fourth-order valence-electron chi connectivity index (χ4n) is 2.93. The summed E-state index contributed by atoms with van der Waals surface area (Å²) in [6.07, 6.45) is 5.03. The van der Waals surface area contributed by atoms with Gasteiger partial charge in [0.05, 0.1) is 18.8 Å². The highest BCUT2D eigenvalue weighted by molar-refractivity contribution is 5.81. The highest BCUT2D eigenvalue weighted by Crippen LogP contribution is 2.22. The summed E-state index contributed by atoms with van der Waals surface area (Å²) in [6, 6.07) is 0.161. The first-order chi connectivity index (χ1) is 9.56. The number of likely N-dealkylation sites (tertiary alicyclic amines) is 1. The molecule has 3 unspecified atom stereocenters. The van der Waals surface area contributed by atoms with E-state index in [0.717, 1.165) is 25.8 Å². The minimum atomic E-state index is -0.315. The summed E-state index contributed by atoms with van der Waals surface area (Å²) >= 11 is 0. The van der Waals surface area contributed by atoms with Crippen molar-refractivity contribution in [1.29, 1.82) is 0 Å². The summed E-state index contributed by atoms with van der Waals surface area (Å²) in [4.78, 5) is 14.5. The number of rotatable bonds is 7. The Hall–Kier alpha value is -0.650. The van der Waals surface area contributed by atoms with Crippen molar-refractivity contribution >= 4 is 5.91 Å². The number of aliphatic hydroxyl groups is 1. The zero-order valence-corrected chi connectivity index (χ0v) is 13.1. The quantitative estimate of drug-likeness (QED) is 0.689. The molecule has 0 radical (unpaired) electrons. The number of carbonyl (C=O) groups is 1. The average Bonchev–Trinajstić information content (AvgIpc) is 2.63. The smallest absolute Gasteiger partial charge is 0.237 e. The summed E-state index contributed by atoms with van der Waals surface area (Å²) in [7, 11) is 1.63. The second kappa shape index (κ2) is 9.32. The van der Waals surface area contributed by atoms with E-state index < -0.39 is 0 Å². The van der Waals surface area contributed by atoms with Crippen molar-refractivity contribution in [3.05, 3.63) is 0 Å². The highest BCUT2D eigenvalue weighted by atomic mass is 16.5. The van der Waals surface area contributed by atoms with Crippen LogP contribution in [0, 0.1) is 0 Å². The highest BCUT2D eigenvalue weighted by Gasteiger charge is 2.29. The maximum atomic E-state index is 12.2. The van der Waals surface area contributed by atoms with Gasteiger partial charge >= 0.3 is 0 Å². The fraction of sp³-hybridized carbons (Fsp3) is 0.933. The van der Waals surface area contributed by atoms with Crippen LogP contribution in [-0.4, -0.2) is 60.9 Å². The molecular weight excluding hydrogens is 256 g/mol. The number of ether oxygens (including phenoxy) is 1. The van der Waals surface area contributed by atoms with E-state index in [1.165, 1.54) is 12.8 Å². The molecule has 3 atom stereocenters. The van der Waals surface area contributed by atoms with Crippen LogP contribution >= 0.6 is 0 Å². The lowest BCUT2D eigenvalue weighted by Crippen LogP contribution is -2.50. The molecule has 1 fully saturated rings. The van der Waals surface area contributed by atoms with Crippen LogP contribution in [-0.2, 0) is 9.53 Å². The van der Waals surface area contributed by atoms with Gasteiger partial charge in [-0.25, -0.2) is 0 Å². The molecule has 1 aliphatic heterocycles. The standard InChI is InChI=1S/C15H30N2O3/c1-12(18)11-14-7-5-4-6-9-17(14)13(2)15(19)16-8-10-20-3/h12-14,18H,4-11H2,1-3H3,(H,16,19). The van der Waals surface area contributed by atoms with Crippen LogP contribution in [0.4, 0.5) is 0 Å². The Labute approximate surface area is 122 Å². The first-order valence-electron chi connectivity index (χ1n) is 7.76. The maximum Gasteiger partial charge on any atom is 0.237 e. The number of hydrogen-bond acceptors (Lipinski definition) is 4. The van der Waals surface area contributed by atoms with Crippen molar-refractivity contribution < 1.29 is 14.6 Å². The fourth-order valence-corrected chi connectivity index (χ4v) is 2.93. The third-order valence-corrected chi connectivity index (χ3v) is 4.02. The SMILES string of the molecule is COCCNC(=O)C(C)N1CCCCCC1CC(C)O. The predicted molar refractivity (Wildman–Crippen MR) is 79.6 cm³/mol. The largest absolute Gasteiger partial charge is 0.393 e. The molecule has 1 rings (SSSR count). The monoisotopic (exact) mass is 286 g/mol. The lowest BCUT2D eigenvalue weighted by molar-refractivity contribution is -0.127. The van der Waals surface area contributed by atoms with Crippen molar-refractivity contribution in [2.24, 2.45) is 0 Å². The minimum absolute atomic E-state index is 0.0551. The summed E-state index contributed by atoms with van der Waals surface area (Å²) in [5.74, 6) is 0.0551. The van der Waals surface area contributed by atoms with Gasteiger partial charge in [0.15, 0.2) is 0 Å².